The predicted molar refractivity (Wildman–Crippen MR) is 52.9 cm³/mol. The van der Waals surface area contributed by atoms with Crippen LogP contribution in [0.25, 0.3) is 0 Å². The van der Waals surface area contributed by atoms with E-state index < -0.39 is 29.7 Å². The van der Waals surface area contributed by atoms with Crippen molar-refractivity contribution in [1.82, 2.24) is 9.55 Å². The number of nitrogens with zero attached hydrogens (tertiary/aromatic N) is 1. The summed E-state index contributed by atoms with van der Waals surface area (Å²) in [6.45, 7) is -0.257. The van der Waals surface area contributed by atoms with Gasteiger partial charge in [0, 0.05) is 18.7 Å². The second-order valence-electron chi connectivity index (χ2n) is 3.63. The lowest BCUT2D eigenvalue weighted by atomic mass is 10.2. The largest absolute Gasteiger partial charge is 0.394 e. The number of ether oxygens (including phenoxy) is 1. The zero-order chi connectivity index (χ0) is 11.7. The van der Waals surface area contributed by atoms with Crippen LogP contribution >= 0.6 is 0 Å². The maximum absolute atomic E-state index is 11.5. The zero-order valence-corrected chi connectivity index (χ0v) is 8.37. The first-order valence-corrected chi connectivity index (χ1v) is 4.88. The zero-order valence-electron chi connectivity index (χ0n) is 8.37. The second-order valence-corrected chi connectivity index (χ2v) is 3.63. The molecule has 3 N–H and O–H groups in total. The number of aliphatic hydroxyl groups is 2. The Morgan fingerprint density at radius 3 is 2.88 bits per heavy atom. The average molecular weight is 228 g/mol. The van der Waals surface area contributed by atoms with E-state index in [1.54, 1.807) is 0 Å². The van der Waals surface area contributed by atoms with Gasteiger partial charge >= 0.3 is 5.69 Å². The molecule has 2 heterocycles. The van der Waals surface area contributed by atoms with Gasteiger partial charge in [0.2, 0.25) is 0 Å². The van der Waals surface area contributed by atoms with Crippen LogP contribution in [0.15, 0.2) is 21.9 Å². The molecule has 1 aromatic rings. The molecule has 7 heteroatoms. The maximum Gasteiger partial charge on any atom is 0.330 e. The van der Waals surface area contributed by atoms with Crippen LogP contribution < -0.4 is 11.2 Å². The fourth-order valence-corrected chi connectivity index (χ4v) is 1.75. The third-order valence-corrected chi connectivity index (χ3v) is 2.51. The first-order chi connectivity index (χ1) is 7.63. The van der Waals surface area contributed by atoms with E-state index in [9.17, 15) is 14.7 Å². The fraction of sp³-hybridized carbons (Fsp3) is 0.556. The van der Waals surface area contributed by atoms with Crippen molar-refractivity contribution in [3.8, 4) is 0 Å². The van der Waals surface area contributed by atoms with Crippen LogP contribution in [-0.4, -0.2) is 38.6 Å². The van der Waals surface area contributed by atoms with E-state index in [0.29, 0.717) is 0 Å². The van der Waals surface area contributed by atoms with Crippen molar-refractivity contribution >= 4 is 0 Å². The van der Waals surface area contributed by atoms with Crippen molar-refractivity contribution in [1.29, 1.82) is 0 Å². The molecule has 0 amide bonds. The van der Waals surface area contributed by atoms with Crippen molar-refractivity contribution in [2.75, 3.05) is 6.61 Å². The van der Waals surface area contributed by atoms with Gasteiger partial charge in [-0.05, 0) is 0 Å². The normalized spacial score (nSPS) is 29.5. The van der Waals surface area contributed by atoms with E-state index in [-0.39, 0.29) is 13.0 Å². The van der Waals surface area contributed by atoms with Crippen molar-refractivity contribution in [3.05, 3.63) is 33.1 Å². The Kier molecular flexibility index (Phi) is 2.90. The van der Waals surface area contributed by atoms with Crippen LogP contribution in [0.1, 0.15) is 12.6 Å². The monoisotopic (exact) mass is 228 g/mol. The molecule has 3 atom stereocenters. The molecule has 3 unspecified atom stereocenters. The van der Waals surface area contributed by atoms with Crippen LogP contribution in [0.5, 0.6) is 0 Å². The molecule has 0 bridgehead atoms. The highest BCUT2D eigenvalue weighted by atomic mass is 16.5. The van der Waals surface area contributed by atoms with Gasteiger partial charge in [-0.3, -0.25) is 4.79 Å². The molecule has 0 saturated carbocycles. The van der Waals surface area contributed by atoms with Crippen molar-refractivity contribution in [2.45, 2.75) is 24.9 Å². The number of aliphatic hydroxyl groups excluding tert-OH is 2. The van der Waals surface area contributed by atoms with Gasteiger partial charge in [0.15, 0.2) is 6.23 Å². The number of hydrogen-bond acceptors (Lipinski definition) is 5. The van der Waals surface area contributed by atoms with E-state index in [0.717, 1.165) is 4.57 Å². The molecule has 1 aromatic heterocycles. The number of aromatic nitrogens is 2. The van der Waals surface area contributed by atoms with Gasteiger partial charge in [0.05, 0.1) is 12.7 Å². The minimum absolute atomic E-state index is 0.196. The number of rotatable bonds is 2. The Bertz CT molecular complexity index is 451. The predicted octanol–water partition coefficient (Wildman–Crippen LogP) is -1.82. The first-order valence-electron chi connectivity index (χ1n) is 4.88. The summed E-state index contributed by atoms with van der Waals surface area (Å²) >= 11 is 0. The number of aromatic amines is 1. The lowest BCUT2D eigenvalue weighted by Crippen LogP contribution is -2.40. The average Bonchev–Trinajstić information content (AvgIpc) is 2.60. The summed E-state index contributed by atoms with van der Waals surface area (Å²) in [5.74, 6) is 0. The quantitative estimate of drug-likeness (QED) is 0.552. The summed E-state index contributed by atoms with van der Waals surface area (Å²) in [4.78, 5) is 25.2. The minimum atomic E-state index is -1.03. The van der Waals surface area contributed by atoms with Crippen molar-refractivity contribution in [3.63, 3.8) is 0 Å². The van der Waals surface area contributed by atoms with E-state index in [2.05, 4.69) is 4.98 Å². The minimum Gasteiger partial charge on any atom is -0.394 e. The van der Waals surface area contributed by atoms with Gasteiger partial charge in [0.25, 0.3) is 5.56 Å². The van der Waals surface area contributed by atoms with Crippen LogP contribution in [-0.2, 0) is 4.74 Å². The van der Waals surface area contributed by atoms with Gasteiger partial charge in [0.1, 0.15) is 6.10 Å². The Morgan fingerprint density at radius 1 is 1.56 bits per heavy atom. The Balaban J connectivity index is 2.39. The number of H-pyrrole nitrogens is 1. The molecule has 1 fully saturated rings. The van der Waals surface area contributed by atoms with Gasteiger partial charge in [-0.15, -0.1) is 0 Å². The number of nitrogens with one attached hydrogen (secondary N) is 1. The van der Waals surface area contributed by atoms with Crippen molar-refractivity contribution < 1.29 is 14.9 Å². The molecule has 2 rings (SSSR count). The SMILES string of the molecule is O=c1cc[nH]c(=O)n1C1OC(CO)CC1O. The topological polar surface area (TPSA) is 105 Å². The smallest absolute Gasteiger partial charge is 0.330 e. The van der Waals surface area contributed by atoms with E-state index in [1.807, 2.05) is 0 Å². The molecule has 1 aliphatic rings. The molecule has 0 aliphatic carbocycles. The van der Waals surface area contributed by atoms with Crippen LogP contribution in [0.2, 0.25) is 0 Å². The molecule has 0 aromatic carbocycles. The van der Waals surface area contributed by atoms with Gasteiger partial charge in [-0.25, -0.2) is 9.36 Å². The molecule has 88 valence electrons. The summed E-state index contributed by atoms with van der Waals surface area (Å²) in [6, 6.07) is 1.17. The summed E-state index contributed by atoms with van der Waals surface area (Å²) < 4.78 is 6.02. The molecular formula is C9H12N2O5. The summed E-state index contributed by atoms with van der Waals surface area (Å²) in [7, 11) is 0. The lowest BCUT2D eigenvalue weighted by molar-refractivity contribution is -0.0546. The van der Waals surface area contributed by atoms with E-state index in [1.165, 1.54) is 12.3 Å². The Morgan fingerprint density at radius 2 is 2.31 bits per heavy atom. The lowest BCUT2D eigenvalue weighted by Gasteiger charge is -2.15. The Hall–Kier alpha value is -1.44. The molecule has 7 nitrogen and oxygen atoms in total. The van der Waals surface area contributed by atoms with Crippen LogP contribution in [0.4, 0.5) is 0 Å². The van der Waals surface area contributed by atoms with Gasteiger partial charge in [-0.2, -0.15) is 0 Å². The fourth-order valence-electron chi connectivity index (χ4n) is 1.75. The van der Waals surface area contributed by atoms with Crippen LogP contribution in [0.3, 0.4) is 0 Å². The van der Waals surface area contributed by atoms with E-state index >= 15 is 0 Å². The van der Waals surface area contributed by atoms with Gasteiger partial charge < -0.3 is 19.9 Å². The molecular weight excluding hydrogens is 216 g/mol. The molecule has 1 saturated heterocycles. The highest BCUT2D eigenvalue weighted by molar-refractivity contribution is 4.89. The van der Waals surface area contributed by atoms with Gasteiger partial charge in [-0.1, -0.05) is 0 Å². The highest BCUT2D eigenvalue weighted by Crippen LogP contribution is 2.26. The third-order valence-electron chi connectivity index (χ3n) is 2.51. The van der Waals surface area contributed by atoms with E-state index in [4.69, 9.17) is 9.84 Å². The third kappa shape index (κ3) is 1.80. The molecule has 16 heavy (non-hydrogen) atoms. The molecule has 0 radical (unpaired) electrons. The number of hydrogen-bond donors (Lipinski definition) is 3. The summed E-state index contributed by atoms with van der Waals surface area (Å²) in [5, 5.41) is 18.5. The van der Waals surface area contributed by atoms with Crippen LogP contribution in [0, 0.1) is 0 Å². The molecule has 0 spiro atoms. The highest BCUT2D eigenvalue weighted by Gasteiger charge is 2.36. The first kappa shape index (κ1) is 11.1. The van der Waals surface area contributed by atoms with Crippen molar-refractivity contribution in [2.24, 2.45) is 0 Å². The Labute approximate surface area is 89.9 Å². The summed E-state index contributed by atoms with van der Waals surface area (Å²) in [6.07, 6.45) is -1.13. The maximum atomic E-state index is 11.5. The summed E-state index contributed by atoms with van der Waals surface area (Å²) in [5.41, 5.74) is -1.19. The second kappa shape index (κ2) is 4.20. The molecule has 1 aliphatic heterocycles. The standard InChI is InChI=1S/C9H12N2O5/c12-4-5-3-6(13)8(16-5)11-7(14)1-2-10-9(11)15/h1-2,5-6,8,12-13H,3-4H2,(H,10,15).